The van der Waals surface area contributed by atoms with Gasteiger partial charge in [0.05, 0.1) is 18.8 Å². The molecule has 0 bridgehead atoms. The number of carbonyl (C=O) groups excluding carboxylic acids is 1. The third-order valence-corrected chi connectivity index (χ3v) is 5.78. The van der Waals surface area contributed by atoms with Gasteiger partial charge >= 0.3 is 0 Å². The third kappa shape index (κ3) is 2.87. The molecule has 128 valence electrons. The summed E-state index contributed by atoms with van der Waals surface area (Å²) in [5, 5.41) is 5.44. The summed E-state index contributed by atoms with van der Waals surface area (Å²) in [6.45, 7) is 2.16. The quantitative estimate of drug-likeness (QED) is 0.870. The molecule has 1 amide bonds. The Hall–Kier alpha value is -2.04. The van der Waals surface area contributed by atoms with Crippen molar-refractivity contribution in [2.24, 2.45) is 11.8 Å². The maximum atomic E-state index is 12.8. The van der Waals surface area contributed by atoms with Crippen LogP contribution in [0.2, 0.25) is 0 Å². The molecule has 2 aromatic rings. The number of methoxy groups -OCH3 is 1. The highest BCUT2D eigenvalue weighted by molar-refractivity contribution is 5.83. The molecule has 5 heteroatoms. The molecule has 0 radical (unpaired) electrons. The van der Waals surface area contributed by atoms with Crippen molar-refractivity contribution in [1.82, 2.24) is 14.7 Å². The van der Waals surface area contributed by atoms with Crippen LogP contribution >= 0.6 is 0 Å². The van der Waals surface area contributed by atoms with Gasteiger partial charge in [-0.25, -0.2) is 0 Å². The normalized spacial score (nSPS) is 24.0. The number of ether oxygens (including phenoxy) is 1. The summed E-state index contributed by atoms with van der Waals surface area (Å²) in [7, 11) is 1.65. The SMILES string of the molecule is COc1ccc2cnn(CC(=O)N3CC[C@@H]4CCCC[C@H]4C3)c2c1. The molecule has 1 saturated heterocycles. The standard InChI is InChI=1S/C19H25N3O2/c1-24-17-7-6-15-11-20-22(18(15)10-17)13-19(23)21-9-8-14-4-2-3-5-16(14)12-21/h6-7,10-11,14,16H,2-5,8-9,12-13H2,1H3/t14-,16-/m0/s1. The van der Waals surface area contributed by atoms with Gasteiger partial charge in [-0.05, 0) is 36.8 Å². The first-order chi connectivity index (χ1) is 11.7. The largest absolute Gasteiger partial charge is 0.497 e. The van der Waals surface area contributed by atoms with E-state index in [9.17, 15) is 4.79 Å². The third-order valence-electron chi connectivity index (χ3n) is 5.78. The molecule has 0 spiro atoms. The Morgan fingerprint density at radius 1 is 1.25 bits per heavy atom. The lowest BCUT2D eigenvalue weighted by Crippen LogP contribution is -2.45. The Labute approximate surface area is 142 Å². The summed E-state index contributed by atoms with van der Waals surface area (Å²) >= 11 is 0. The molecule has 5 nitrogen and oxygen atoms in total. The van der Waals surface area contributed by atoms with Crippen LogP contribution in [0.1, 0.15) is 32.1 Å². The number of amides is 1. The highest BCUT2D eigenvalue weighted by Crippen LogP contribution is 2.36. The Bertz CT molecular complexity index is 739. The van der Waals surface area contributed by atoms with Crippen molar-refractivity contribution in [2.45, 2.75) is 38.6 Å². The summed E-state index contributed by atoms with van der Waals surface area (Å²) in [5.74, 6) is 2.54. The van der Waals surface area contributed by atoms with Gasteiger partial charge in [0.2, 0.25) is 5.91 Å². The monoisotopic (exact) mass is 327 g/mol. The number of likely N-dealkylation sites (tertiary alicyclic amines) is 1. The first kappa shape index (κ1) is 15.5. The minimum Gasteiger partial charge on any atom is -0.497 e. The molecule has 2 aliphatic rings. The summed E-state index contributed by atoms with van der Waals surface area (Å²) < 4.78 is 7.09. The maximum Gasteiger partial charge on any atom is 0.244 e. The number of piperidine rings is 1. The van der Waals surface area contributed by atoms with Crippen LogP contribution in [-0.2, 0) is 11.3 Å². The van der Waals surface area contributed by atoms with Gasteiger partial charge in [-0.3, -0.25) is 9.48 Å². The molecule has 4 rings (SSSR count). The van der Waals surface area contributed by atoms with Crippen LogP contribution in [0.5, 0.6) is 5.75 Å². The van der Waals surface area contributed by atoms with Crippen LogP contribution in [0.25, 0.3) is 10.9 Å². The number of aromatic nitrogens is 2. The smallest absolute Gasteiger partial charge is 0.244 e. The molecule has 1 aliphatic heterocycles. The molecule has 0 N–H and O–H groups in total. The predicted molar refractivity (Wildman–Crippen MR) is 92.9 cm³/mol. The van der Waals surface area contributed by atoms with E-state index in [1.54, 1.807) is 11.8 Å². The van der Waals surface area contributed by atoms with Crippen molar-refractivity contribution in [3.63, 3.8) is 0 Å². The molecular weight excluding hydrogens is 302 g/mol. The van der Waals surface area contributed by atoms with Gasteiger partial charge in [0.1, 0.15) is 12.3 Å². The molecule has 1 aromatic carbocycles. The molecule has 2 atom stereocenters. The Morgan fingerprint density at radius 3 is 2.92 bits per heavy atom. The Balaban J connectivity index is 1.48. The number of fused-ring (bicyclic) bond motifs is 2. The van der Waals surface area contributed by atoms with Crippen LogP contribution < -0.4 is 4.74 Å². The fourth-order valence-electron chi connectivity index (χ4n) is 4.36. The second kappa shape index (κ2) is 6.46. The van der Waals surface area contributed by atoms with Crippen molar-refractivity contribution in [3.05, 3.63) is 24.4 Å². The number of benzene rings is 1. The van der Waals surface area contributed by atoms with Crippen LogP contribution in [0.3, 0.4) is 0 Å². The van der Waals surface area contributed by atoms with Crippen molar-refractivity contribution >= 4 is 16.8 Å². The Morgan fingerprint density at radius 2 is 2.08 bits per heavy atom. The summed E-state index contributed by atoms with van der Waals surface area (Å²) in [6.07, 6.45) is 8.33. The lowest BCUT2D eigenvalue weighted by molar-refractivity contribution is -0.135. The summed E-state index contributed by atoms with van der Waals surface area (Å²) in [5.41, 5.74) is 0.954. The van der Waals surface area contributed by atoms with Gasteiger partial charge in [0.25, 0.3) is 0 Å². The first-order valence-corrected chi connectivity index (χ1v) is 9.02. The molecular formula is C19H25N3O2. The summed E-state index contributed by atoms with van der Waals surface area (Å²) in [6, 6.07) is 5.85. The molecule has 2 heterocycles. The molecule has 2 fully saturated rings. The average Bonchev–Trinajstić information content (AvgIpc) is 3.03. The van der Waals surface area contributed by atoms with E-state index in [0.29, 0.717) is 12.5 Å². The van der Waals surface area contributed by atoms with Crippen molar-refractivity contribution in [3.8, 4) is 5.75 Å². The summed E-state index contributed by atoms with van der Waals surface area (Å²) in [4.78, 5) is 14.8. The van der Waals surface area contributed by atoms with Gasteiger partial charge < -0.3 is 9.64 Å². The van der Waals surface area contributed by atoms with Crippen molar-refractivity contribution < 1.29 is 9.53 Å². The maximum absolute atomic E-state index is 12.8. The zero-order chi connectivity index (χ0) is 16.5. The van der Waals surface area contributed by atoms with Gasteiger partial charge in [-0.15, -0.1) is 0 Å². The predicted octanol–water partition coefficient (Wildman–Crippen LogP) is 3.08. The Kier molecular flexibility index (Phi) is 4.17. The van der Waals surface area contributed by atoms with Gasteiger partial charge in [0, 0.05) is 24.5 Å². The highest BCUT2D eigenvalue weighted by atomic mass is 16.5. The highest BCUT2D eigenvalue weighted by Gasteiger charge is 2.32. The zero-order valence-corrected chi connectivity index (χ0v) is 14.3. The van der Waals surface area contributed by atoms with Crippen molar-refractivity contribution in [2.75, 3.05) is 20.2 Å². The van der Waals surface area contributed by atoms with E-state index in [4.69, 9.17) is 4.74 Å². The van der Waals surface area contributed by atoms with Gasteiger partial charge in [-0.2, -0.15) is 5.10 Å². The molecule has 1 aliphatic carbocycles. The second-order valence-corrected chi connectivity index (χ2v) is 7.16. The van der Waals surface area contributed by atoms with Crippen LogP contribution in [0.4, 0.5) is 0 Å². The minimum atomic E-state index is 0.187. The average molecular weight is 327 g/mol. The van der Waals surface area contributed by atoms with E-state index in [0.717, 1.165) is 35.7 Å². The number of hydrogen-bond acceptors (Lipinski definition) is 3. The van der Waals surface area contributed by atoms with Gasteiger partial charge in [0.15, 0.2) is 0 Å². The van der Waals surface area contributed by atoms with E-state index in [1.807, 2.05) is 24.4 Å². The topological polar surface area (TPSA) is 47.4 Å². The fourth-order valence-corrected chi connectivity index (χ4v) is 4.36. The molecule has 24 heavy (non-hydrogen) atoms. The van der Waals surface area contributed by atoms with Crippen LogP contribution in [-0.4, -0.2) is 40.8 Å². The van der Waals surface area contributed by atoms with Gasteiger partial charge in [-0.1, -0.05) is 19.3 Å². The van der Waals surface area contributed by atoms with E-state index in [2.05, 4.69) is 10.00 Å². The molecule has 1 saturated carbocycles. The lowest BCUT2D eigenvalue weighted by atomic mass is 9.75. The van der Waals surface area contributed by atoms with E-state index in [-0.39, 0.29) is 5.91 Å². The minimum absolute atomic E-state index is 0.187. The number of rotatable bonds is 3. The van der Waals surface area contributed by atoms with Crippen molar-refractivity contribution in [1.29, 1.82) is 0 Å². The number of nitrogens with zero attached hydrogens (tertiary/aromatic N) is 3. The first-order valence-electron chi connectivity index (χ1n) is 9.02. The fraction of sp³-hybridized carbons (Fsp3) is 0.579. The van der Waals surface area contributed by atoms with E-state index < -0.39 is 0 Å². The lowest BCUT2D eigenvalue weighted by Gasteiger charge is -2.41. The van der Waals surface area contributed by atoms with E-state index in [1.165, 1.54) is 32.1 Å². The van der Waals surface area contributed by atoms with E-state index >= 15 is 0 Å². The zero-order valence-electron chi connectivity index (χ0n) is 14.3. The number of carbonyl (C=O) groups is 1. The number of hydrogen-bond donors (Lipinski definition) is 0. The second-order valence-electron chi connectivity index (χ2n) is 7.16. The van der Waals surface area contributed by atoms with Crippen LogP contribution in [0.15, 0.2) is 24.4 Å². The molecule has 1 aromatic heterocycles. The van der Waals surface area contributed by atoms with Crippen LogP contribution in [0, 0.1) is 11.8 Å². The molecule has 0 unspecified atom stereocenters.